The van der Waals surface area contributed by atoms with Gasteiger partial charge in [-0.2, -0.15) is 0 Å². The number of hydrogen-bond acceptors (Lipinski definition) is 2. The van der Waals surface area contributed by atoms with E-state index < -0.39 is 10.0 Å². The van der Waals surface area contributed by atoms with Crippen LogP contribution in [0.1, 0.15) is 27.9 Å². The quantitative estimate of drug-likeness (QED) is 0.728. The van der Waals surface area contributed by atoms with Crippen molar-refractivity contribution in [2.45, 2.75) is 39.0 Å². The Hall–Kier alpha value is -2.11. The van der Waals surface area contributed by atoms with Gasteiger partial charge in [-0.05, 0) is 69.0 Å². The van der Waals surface area contributed by atoms with E-state index in [1.54, 1.807) is 6.07 Å². The molecule has 132 valence electrons. The Labute approximate surface area is 149 Å². The molecule has 0 aliphatic carbocycles. The predicted molar refractivity (Wildman–Crippen MR) is 103 cm³/mol. The number of H-pyrrole nitrogens is 1. The number of rotatable bonds is 5. The summed E-state index contributed by atoms with van der Waals surface area (Å²) in [6.07, 6.45) is 0.652. The van der Waals surface area contributed by atoms with Gasteiger partial charge in [-0.25, -0.2) is 13.1 Å². The van der Waals surface area contributed by atoms with Crippen LogP contribution in [0.3, 0.4) is 0 Å². The van der Waals surface area contributed by atoms with E-state index in [-0.39, 0.29) is 0 Å². The van der Waals surface area contributed by atoms with Crippen molar-refractivity contribution in [3.63, 3.8) is 0 Å². The number of benzene rings is 2. The molecule has 4 nitrogen and oxygen atoms in total. The molecule has 0 spiro atoms. The van der Waals surface area contributed by atoms with Gasteiger partial charge in [0.1, 0.15) is 0 Å². The lowest BCUT2D eigenvalue weighted by molar-refractivity contribution is 0.581. The largest absolute Gasteiger partial charge is 0.358 e. The minimum absolute atomic E-state index is 0.360. The molecular formula is C20H24N2O2S. The number of sulfonamides is 1. The average Bonchev–Trinajstić information content (AvgIpc) is 2.85. The molecule has 0 bridgehead atoms. The molecule has 25 heavy (non-hydrogen) atoms. The second-order valence-corrected chi connectivity index (χ2v) is 8.43. The van der Waals surface area contributed by atoms with Crippen LogP contribution in [-0.4, -0.2) is 19.9 Å². The SMILES string of the molecule is Cc1ccc(C)c(S(=O)(=O)NCCc2c(C)[nH]c3ccc(C)cc23)c1. The van der Waals surface area contributed by atoms with Crippen LogP contribution in [0.2, 0.25) is 0 Å². The molecule has 0 aliphatic heterocycles. The number of aromatic nitrogens is 1. The van der Waals surface area contributed by atoms with Crippen LogP contribution in [0.4, 0.5) is 0 Å². The van der Waals surface area contributed by atoms with Crippen LogP contribution in [0.25, 0.3) is 10.9 Å². The maximum atomic E-state index is 12.6. The third kappa shape index (κ3) is 3.62. The zero-order valence-corrected chi connectivity index (χ0v) is 15.9. The second-order valence-electron chi connectivity index (χ2n) is 6.69. The molecule has 2 N–H and O–H groups in total. The Morgan fingerprint density at radius 1 is 0.960 bits per heavy atom. The molecule has 3 rings (SSSR count). The van der Waals surface area contributed by atoms with Gasteiger partial charge in [-0.15, -0.1) is 0 Å². The van der Waals surface area contributed by atoms with Crippen molar-refractivity contribution in [2.75, 3.05) is 6.54 Å². The Morgan fingerprint density at radius 3 is 2.40 bits per heavy atom. The van der Waals surface area contributed by atoms with Crippen LogP contribution >= 0.6 is 0 Å². The van der Waals surface area contributed by atoms with E-state index in [1.165, 1.54) is 16.5 Å². The van der Waals surface area contributed by atoms with Crippen molar-refractivity contribution in [1.82, 2.24) is 9.71 Å². The molecule has 0 radical (unpaired) electrons. The van der Waals surface area contributed by atoms with Crippen molar-refractivity contribution in [1.29, 1.82) is 0 Å². The zero-order chi connectivity index (χ0) is 18.2. The molecule has 1 aromatic heterocycles. The fourth-order valence-electron chi connectivity index (χ4n) is 3.20. The Kier molecular flexibility index (Phi) is 4.71. The lowest BCUT2D eigenvalue weighted by Crippen LogP contribution is -2.26. The van der Waals surface area contributed by atoms with Gasteiger partial charge in [0.2, 0.25) is 10.0 Å². The summed E-state index contributed by atoms with van der Waals surface area (Å²) in [5.74, 6) is 0. The molecule has 0 saturated carbocycles. The monoisotopic (exact) mass is 356 g/mol. The van der Waals surface area contributed by atoms with Crippen LogP contribution in [0.5, 0.6) is 0 Å². The van der Waals surface area contributed by atoms with Gasteiger partial charge in [-0.3, -0.25) is 0 Å². The first-order valence-corrected chi connectivity index (χ1v) is 9.91. The lowest BCUT2D eigenvalue weighted by Gasteiger charge is -2.10. The van der Waals surface area contributed by atoms with Gasteiger partial charge < -0.3 is 4.98 Å². The van der Waals surface area contributed by atoms with E-state index in [9.17, 15) is 8.42 Å². The first kappa shape index (κ1) is 17.7. The van der Waals surface area contributed by atoms with Crippen molar-refractivity contribution in [3.05, 3.63) is 64.3 Å². The Balaban J connectivity index is 1.80. The predicted octanol–water partition coefficient (Wildman–Crippen LogP) is 3.92. The molecule has 0 aliphatic rings. The highest BCUT2D eigenvalue weighted by atomic mass is 32.2. The van der Waals surface area contributed by atoms with Gasteiger partial charge in [0.25, 0.3) is 0 Å². The number of aromatic amines is 1. The van der Waals surface area contributed by atoms with Crippen molar-refractivity contribution >= 4 is 20.9 Å². The fourth-order valence-corrected chi connectivity index (χ4v) is 4.56. The first-order valence-electron chi connectivity index (χ1n) is 8.42. The Morgan fingerprint density at radius 2 is 1.64 bits per heavy atom. The minimum atomic E-state index is -3.50. The topological polar surface area (TPSA) is 62.0 Å². The summed E-state index contributed by atoms with van der Waals surface area (Å²) in [7, 11) is -3.50. The maximum Gasteiger partial charge on any atom is 0.240 e. The number of fused-ring (bicyclic) bond motifs is 1. The molecule has 2 aromatic carbocycles. The smallest absolute Gasteiger partial charge is 0.240 e. The lowest BCUT2D eigenvalue weighted by atomic mass is 10.1. The second kappa shape index (κ2) is 6.65. The van der Waals surface area contributed by atoms with E-state index in [2.05, 4.69) is 34.8 Å². The van der Waals surface area contributed by atoms with Crippen molar-refractivity contribution in [2.24, 2.45) is 0 Å². The summed E-state index contributed by atoms with van der Waals surface area (Å²) in [6, 6.07) is 11.8. The summed E-state index contributed by atoms with van der Waals surface area (Å²) >= 11 is 0. The average molecular weight is 356 g/mol. The highest BCUT2D eigenvalue weighted by molar-refractivity contribution is 7.89. The van der Waals surface area contributed by atoms with E-state index in [0.29, 0.717) is 17.9 Å². The van der Waals surface area contributed by atoms with E-state index >= 15 is 0 Å². The molecule has 1 heterocycles. The minimum Gasteiger partial charge on any atom is -0.358 e. The Bertz CT molecular complexity index is 1030. The summed E-state index contributed by atoms with van der Waals surface area (Å²) in [6.45, 7) is 8.19. The molecule has 0 saturated heterocycles. The van der Waals surface area contributed by atoms with Gasteiger partial charge in [-0.1, -0.05) is 23.8 Å². The third-order valence-electron chi connectivity index (χ3n) is 4.58. The standard InChI is InChI=1S/C20H24N2O2S/c1-13-6-8-19-18(11-13)17(16(4)22-19)9-10-21-25(23,24)20-12-14(2)5-7-15(20)3/h5-8,11-12,21-22H,9-10H2,1-4H3. The molecular weight excluding hydrogens is 332 g/mol. The molecule has 0 fully saturated rings. The number of aryl methyl sites for hydroxylation is 4. The molecule has 5 heteroatoms. The van der Waals surface area contributed by atoms with E-state index in [4.69, 9.17) is 0 Å². The highest BCUT2D eigenvalue weighted by Gasteiger charge is 2.17. The molecule has 0 unspecified atom stereocenters. The summed E-state index contributed by atoms with van der Waals surface area (Å²) < 4.78 is 28.0. The summed E-state index contributed by atoms with van der Waals surface area (Å²) in [5.41, 5.74) is 6.25. The highest BCUT2D eigenvalue weighted by Crippen LogP contribution is 2.24. The normalized spacial score (nSPS) is 12.0. The molecule has 3 aromatic rings. The van der Waals surface area contributed by atoms with E-state index in [0.717, 1.165) is 22.3 Å². The molecule has 0 amide bonds. The van der Waals surface area contributed by atoms with Gasteiger partial charge in [0.15, 0.2) is 0 Å². The fraction of sp³-hybridized carbons (Fsp3) is 0.300. The summed E-state index contributed by atoms with van der Waals surface area (Å²) in [4.78, 5) is 3.73. The third-order valence-corrected chi connectivity index (χ3v) is 6.18. The molecule has 0 atom stereocenters. The zero-order valence-electron chi connectivity index (χ0n) is 15.1. The van der Waals surface area contributed by atoms with Gasteiger partial charge in [0.05, 0.1) is 4.90 Å². The van der Waals surface area contributed by atoms with Gasteiger partial charge >= 0.3 is 0 Å². The number of nitrogens with one attached hydrogen (secondary N) is 2. The van der Waals surface area contributed by atoms with Crippen molar-refractivity contribution < 1.29 is 8.42 Å². The van der Waals surface area contributed by atoms with Crippen molar-refractivity contribution in [3.8, 4) is 0 Å². The first-order chi connectivity index (χ1) is 11.8. The van der Waals surface area contributed by atoms with E-state index in [1.807, 2.05) is 32.9 Å². The number of hydrogen-bond donors (Lipinski definition) is 2. The van der Waals surface area contributed by atoms with Crippen LogP contribution in [0.15, 0.2) is 41.3 Å². The summed E-state index contributed by atoms with van der Waals surface area (Å²) in [5, 5.41) is 1.17. The van der Waals surface area contributed by atoms with Crippen LogP contribution in [0, 0.1) is 27.7 Å². The van der Waals surface area contributed by atoms with Crippen LogP contribution in [-0.2, 0) is 16.4 Å². The maximum absolute atomic E-state index is 12.6. The van der Waals surface area contributed by atoms with Crippen LogP contribution < -0.4 is 4.72 Å². The van der Waals surface area contributed by atoms with Gasteiger partial charge in [0, 0.05) is 23.1 Å².